The summed E-state index contributed by atoms with van der Waals surface area (Å²) in [4.78, 5) is 13.7. The normalized spacial score (nSPS) is 11.9. The smallest absolute Gasteiger partial charge is 0.226 e. The van der Waals surface area contributed by atoms with E-state index in [1.807, 2.05) is 54.6 Å². The van der Waals surface area contributed by atoms with Crippen LogP contribution in [0.3, 0.4) is 0 Å². The minimum atomic E-state index is 0.169. The van der Waals surface area contributed by atoms with Gasteiger partial charge in [0, 0.05) is 27.3 Å². The molecule has 7 aromatic rings. The number of aromatic nitrogens is 3. The second-order valence-electron chi connectivity index (χ2n) is 7.81. The van der Waals surface area contributed by atoms with Gasteiger partial charge in [-0.05, 0) is 46.0 Å². The minimum absolute atomic E-state index is 0.169. The third-order valence-corrected chi connectivity index (χ3v) is 6.20. The predicted octanol–water partition coefficient (Wildman–Crippen LogP) is 7.50. The SMILES string of the molecule is Clc1nc(-c2ccccc2)nc(-c2ccc3oc4cccc5c6ccccc6c2c3c45)n1. The van der Waals surface area contributed by atoms with Gasteiger partial charge in [-0.2, -0.15) is 9.97 Å². The van der Waals surface area contributed by atoms with E-state index in [0.29, 0.717) is 11.6 Å². The number of furan rings is 1. The molecule has 0 bridgehead atoms. The zero-order valence-electron chi connectivity index (χ0n) is 16.7. The molecule has 5 aromatic carbocycles. The monoisotopic (exact) mass is 431 g/mol. The van der Waals surface area contributed by atoms with Crippen LogP contribution in [-0.2, 0) is 0 Å². The van der Waals surface area contributed by atoms with E-state index in [0.717, 1.165) is 43.8 Å². The fraction of sp³-hybridized carbons (Fsp3) is 0. The van der Waals surface area contributed by atoms with Gasteiger partial charge in [0.15, 0.2) is 11.6 Å². The number of nitrogens with zero attached hydrogens (tertiary/aromatic N) is 3. The first-order valence-electron chi connectivity index (χ1n) is 10.3. The summed E-state index contributed by atoms with van der Waals surface area (Å²) >= 11 is 6.37. The first-order valence-corrected chi connectivity index (χ1v) is 10.7. The summed E-state index contributed by atoms with van der Waals surface area (Å²) in [5, 5.41) is 6.93. The summed E-state index contributed by atoms with van der Waals surface area (Å²) in [7, 11) is 0. The molecule has 0 spiro atoms. The van der Waals surface area contributed by atoms with E-state index in [9.17, 15) is 0 Å². The van der Waals surface area contributed by atoms with Gasteiger partial charge in [-0.3, -0.25) is 0 Å². The molecule has 2 heterocycles. The lowest BCUT2D eigenvalue weighted by Crippen LogP contribution is -1.98. The zero-order valence-corrected chi connectivity index (χ0v) is 17.5. The molecule has 0 saturated heterocycles. The number of hydrogen-bond acceptors (Lipinski definition) is 4. The molecule has 4 nitrogen and oxygen atoms in total. The first kappa shape index (κ1) is 17.6. The van der Waals surface area contributed by atoms with E-state index in [2.05, 4.69) is 40.3 Å². The van der Waals surface area contributed by atoms with Crippen LogP contribution >= 0.6 is 11.6 Å². The molecule has 0 aliphatic rings. The largest absolute Gasteiger partial charge is 0.456 e. The van der Waals surface area contributed by atoms with Crippen molar-refractivity contribution in [2.75, 3.05) is 0 Å². The highest BCUT2D eigenvalue weighted by Crippen LogP contribution is 2.45. The average Bonchev–Trinajstić information content (AvgIpc) is 3.23. The molecule has 0 atom stereocenters. The van der Waals surface area contributed by atoms with Crippen LogP contribution in [0.2, 0.25) is 5.28 Å². The third-order valence-electron chi connectivity index (χ3n) is 6.03. The number of rotatable bonds is 2. The maximum Gasteiger partial charge on any atom is 0.226 e. The second kappa shape index (κ2) is 6.49. The molecular formula is C27H14ClN3O. The van der Waals surface area contributed by atoms with Gasteiger partial charge in [0.25, 0.3) is 0 Å². The van der Waals surface area contributed by atoms with Gasteiger partial charge < -0.3 is 4.42 Å². The third kappa shape index (κ3) is 2.41. The van der Waals surface area contributed by atoms with Crippen LogP contribution < -0.4 is 0 Å². The van der Waals surface area contributed by atoms with E-state index in [-0.39, 0.29) is 5.28 Å². The summed E-state index contributed by atoms with van der Waals surface area (Å²) < 4.78 is 6.21. The molecule has 150 valence electrons. The Morgan fingerprint density at radius 2 is 1.22 bits per heavy atom. The first-order chi connectivity index (χ1) is 15.8. The molecule has 7 rings (SSSR count). The predicted molar refractivity (Wildman–Crippen MR) is 129 cm³/mol. The van der Waals surface area contributed by atoms with E-state index in [4.69, 9.17) is 21.0 Å². The van der Waals surface area contributed by atoms with Crippen LogP contribution in [0, 0.1) is 0 Å². The summed E-state index contributed by atoms with van der Waals surface area (Å²) in [6.45, 7) is 0. The Morgan fingerprint density at radius 3 is 2.09 bits per heavy atom. The van der Waals surface area contributed by atoms with E-state index in [1.165, 1.54) is 10.8 Å². The fourth-order valence-corrected chi connectivity index (χ4v) is 4.88. The van der Waals surface area contributed by atoms with E-state index < -0.39 is 0 Å². The van der Waals surface area contributed by atoms with Crippen molar-refractivity contribution in [2.24, 2.45) is 0 Å². The summed E-state index contributed by atoms with van der Waals surface area (Å²) in [5.74, 6) is 1.10. The van der Waals surface area contributed by atoms with Gasteiger partial charge in [0.1, 0.15) is 11.2 Å². The van der Waals surface area contributed by atoms with E-state index >= 15 is 0 Å². The molecule has 0 fully saturated rings. The molecule has 5 heteroatoms. The van der Waals surface area contributed by atoms with Crippen LogP contribution in [0.15, 0.2) is 89.3 Å². The van der Waals surface area contributed by atoms with Crippen molar-refractivity contribution in [3.63, 3.8) is 0 Å². The number of hydrogen-bond donors (Lipinski definition) is 0. The quantitative estimate of drug-likeness (QED) is 0.266. The lowest BCUT2D eigenvalue weighted by molar-refractivity contribution is 0.669. The minimum Gasteiger partial charge on any atom is -0.456 e. The Morgan fingerprint density at radius 1 is 0.531 bits per heavy atom. The van der Waals surface area contributed by atoms with Gasteiger partial charge in [-0.15, -0.1) is 0 Å². The highest BCUT2D eigenvalue weighted by molar-refractivity contribution is 6.35. The average molecular weight is 432 g/mol. The van der Waals surface area contributed by atoms with Gasteiger partial charge in [-0.1, -0.05) is 66.7 Å². The Kier molecular flexibility index (Phi) is 3.58. The molecule has 0 aliphatic carbocycles. The van der Waals surface area contributed by atoms with Crippen molar-refractivity contribution in [2.45, 2.75) is 0 Å². The van der Waals surface area contributed by atoms with Crippen LogP contribution in [-0.4, -0.2) is 15.0 Å². The number of fused-ring (bicyclic) bond motifs is 3. The van der Waals surface area contributed by atoms with Crippen molar-refractivity contribution in [1.82, 2.24) is 15.0 Å². The Hall–Kier alpha value is -4.02. The highest BCUT2D eigenvalue weighted by Gasteiger charge is 2.21. The lowest BCUT2D eigenvalue weighted by Gasteiger charge is -2.12. The number of benzene rings is 5. The van der Waals surface area contributed by atoms with Gasteiger partial charge in [-0.25, -0.2) is 4.98 Å². The maximum absolute atomic E-state index is 6.37. The zero-order chi connectivity index (χ0) is 21.2. The lowest BCUT2D eigenvalue weighted by atomic mass is 9.91. The van der Waals surface area contributed by atoms with Crippen molar-refractivity contribution >= 4 is 55.1 Å². The molecule has 0 aliphatic heterocycles. The molecule has 0 N–H and O–H groups in total. The van der Waals surface area contributed by atoms with Crippen LogP contribution in [0.4, 0.5) is 0 Å². The maximum atomic E-state index is 6.37. The summed E-state index contributed by atoms with van der Waals surface area (Å²) in [6, 6.07) is 28.4. The van der Waals surface area contributed by atoms with Crippen LogP contribution in [0.5, 0.6) is 0 Å². The molecule has 32 heavy (non-hydrogen) atoms. The Balaban J connectivity index is 1.64. The van der Waals surface area contributed by atoms with Crippen molar-refractivity contribution in [3.05, 3.63) is 90.2 Å². The molecule has 0 amide bonds. The summed E-state index contributed by atoms with van der Waals surface area (Å²) in [6.07, 6.45) is 0. The van der Waals surface area contributed by atoms with Crippen molar-refractivity contribution in [1.29, 1.82) is 0 Å². The van der Waals surface area contributed by atoms with Crippen molar-refractivity contribution < 1.29 is 4.42 Å². The Bertz CT molecular complexity index is 1790. The molecule has 0 unspecified atom stereocenters. The van der Waals surface area contributed by atoms with E-state index in [1.54, 1.807) is 0 Å². The standard InChI is InChI=1S/C27H14ClN3O/c28-27-30-25(15-7-2-1-3-8-15)29-26(31-27)19-13-14-21-24-22(19)17-10-5-4-9-16(17)18-11-6-12-20(32-21)23(18)24/h1-14H. The second-order valence-corrected chi connectivity index (χ2v) is 8.14. The highest BCUT2D eigenvalue weighted by atomic mass is 35.5. The van der Waals surface area contributed by atoms with Crippen LogP contribution in [0.1, 0.15) is 0 Å². The van der Waals surface area contributed by atoms with Crippen LogP contribution in [0.25, 0.3) is 66.3 Å². The van der Waals surface area contributed by atoms with Gasteiger partial charge in [0.05, 0.1) is 0 Å². The molecule has 0 radical (unpaired) electrons. The van der Waals surface area contributed by atoms with Gasteiger partial charge >= 0.3 is 0 Å². The fourth-order valence-electron chi connectivity index (χ4n) is 4.72. The molecule has 2 aromatic heterocycles. The molecular weight excluding hydrogens is 418 g/mol. The topological polar surface area (TPSA) is 51.8 Å². The molecule has 0 saturated carbocycles. The Labute approximate surface area is 187 Å². The summed E-state index contributed by atoms with van der Waals surface area (Å²) in [5.41, 5.74) is 3.53. The number of halogens is 1. The van der Waals surface area contributed by atoms with Crippen molar-refractivity contribution in [3.8, 4) is 22.8 Å². The van der Waals surface area contributed by atoms with Gasteiger partial charge in [0.2, 0.25) is 5.28 Å².